The van der Waals surface area contributed by atoms with Gasteiger partial charge in [0.1, 0.15) is 24.2 Å². The summed E-state index contributed by atoms with van der Waals surface area (Å²) in [6, 6.07) is 6.97. The van der Waals surface area contributed by atoms with E-state index >= 15 is 0 Å². The Morgan fingerprint density at radius 2 is 1.95 bits per heavy atom. The molecule has 0 amide bonds. The van der Waals surface area contributed by atoms with Crippen LogP contribution in [0.1, 0.15) is 10.4 Å². The Kier molecular flexibility index (Phi) is 3.55. The Hall–Kier alpha value is -2.83. The minimum Gasteiger partial charge on any atom is -0.497 e. The number of carbonyl (C=O) groups is 1. The van der Waals surface area contributed by atoms with Crippen molar-refractivity contribution in [2.75, 3.05) is 20.2 Å². The van der Waals surface area contributed by atoms with Gasteiger partial charge in [-0.15, -0.1) is 0 Å². The van der Waals surface area contributed by atoms with E-state index in [0.29, 0.717) is 22.8 Å². The molecule has 1 aromatic carbocycles. The summed E-state index contributed by atoms with van der Waals surface area (Å²) in [7, 11) is 1.59. The lowest BCUT2D eigenvalue weighted by Gasteiger charge is -2.11. The van der Waals surface area contributed by atoms with Crippen molar-refractivity contribution in [1.29, 1.82) is 0 Å². The van der Waals surface area contributed by atoms with Crippen LogP contribution in [0, 0.1) is 0 Å². The maximum Gasteiger partial charge on any atom is 0.215 e. The van der Waals surface area contributed by atoms with E-state index in [2.05, 4.69) is 20.7 Å². The molecule has 0 spiro atoms. The van der Waals surface area contributed by atoms with Crippen LogP contribution < -0.4 is 15.4 Å². The lowest BCUT2D eigenvalue weighted by Crippen LogP contribution is -2.21. The number of hydrogen-bond acceptors (Lipinski definition) is 6. The molecule has 0 bridgehead atoms. The predicted molar refractivity (Wildman–Crippen MR) is 76.6 cm³/mol. The zero-order valence-corrected chi connectivity index (χ0v) is 11.5. The average Bonchev–Trinajstić information content (AvgIpc) is 3.21. The molecule has 1 fully saturated rings. The smallest absolute Gasteiger partial charge is 0.215 e. The molecular formula is C14H15N5O2. The van der Waals surface area contributed by atoms with Crippen LogP contribution in [0.15, 0.2) is 42.7 Å². The van der Waals surface area contributed by atoms with Crippen molar-refractivity contribution in [3.05, 3.63) is 48.3 Å². The molecule has 0 saturated carbocycles. The minimum absolute atomic E-state index is 0.139. The number of methoxy groups -OCH3 is 1. The van der Waals surface area contributed by atoms with Gasteiger partial charge >= 0.3 is 0 Å². The van der Waals surface area contributed by atoms with Gasteiger partial charge in [-0.05, 0) is 24.3 Å². The van der Waals surface area contributed by atoms with Crippen molar-refractivity contribution in [1.82, 2.24) is 25.4 Å². The number of nitrogens with zero attached hydrogens (tertiary/aromatic N) is 3. The van der Waals surface area contributed by atoms with E-state index < -0.39 is 0 Å². The third-order valence-corrected chi connectivity index (χ3v) is 3.18. The van der Waals surface area contributed by atoms with Gasteiger partial charge in [0.25, 0.3) is 0 Å². The molecule has 21 heavy (non-hydrogen) atoms. The first-order valence-corrected chi connectivity index (χ1v) is 6.55. The van der Waals surface area contributed by atoms with Gasteiger partial charge in [0, 0.05) is 18.7 Å². The highest BCUT2D eigenvalue weighted by Gasteiger charge is 2.22. The second-order valence-corrected chi connectivity index (χ2v) is 4.47. The summed E-state index contributed by atoms with van der Waals surface area (Å²) < 4.78 is 6.57. The molecular weight excluding hydrogens is 270 g/mol. The third kappa shape index (κ3) is 2.58. The fourth-order valence-electron chi connectivity index (χ4n) is 2.14. The van der Waals surface area contributed by atoms with Gasteiger partial charge in [-0.25, -0.2) is 9.67 Å². The van der Waals surface area contributed by atoms with E-state index in [9.17, 15) is 4.79 Å². The molecule has 7 nitrogen and oxygen atoms in total. The zero-order valence-electron chi connectivity index (χ0n) is 11.5. The van der Waals surface area contributed by atoms with Crippen molar-refractivity contribution in [2.24, 2.45) is 0 Å². The Morgan fingerprint density at radius 3 is 2.52 bits per heavy atom. The third-order valence-electron chi connectivity index (χ3n) is 3.18. The highest BCUT2D eigenvalue weighted by Crippen LogP contribution is 2.18. The van der Waals surface area contributed by atoms with E-state index in [1.54, 1.807) is 31.4 Å². The van der Waals surface area contributed by atoms with Gasteiger partial charge in [-0.2, -0.15) is 5.10 Å². The maximum absolute atomic E-state index is 12.8. The number of carbonyl (C=O) groups excluding carboxylic acids is 1. The molecule has 1 aromatic heterocycles. The Bertz CT molecular complexity index is 653. The van der Waals surface area contributed by atoms with Crippen molar-refractivity contribution in [2.45, 2.75) is 0 Å². The number of rotatable bonds is 4. The maximum atomic E-state index is 12.8. The monoisotopic (exact) mass is 285 g/mol. The molecule has 0 unspecified atom stereocenters. The van der Waals surface area contributed by atoms with Crippen molar-refractivity contribution in [3.8, 4) is 5.75 Å². The fraction of sp³-hybridized carbons (Fsp3) is 0.214. The summed E-state index contributed by atoms with van der Waals surface area (Å²) in [5, 5.41) is 10.4. The van der Waals surface area contributed by atoms with Crippen molar-refractivity contribution >= 4 is 11.5 Å². The molecule has 3 rings (SSSR count). The highest BCUT2D eigenvalue weighted by atomic mass is 16.5. The van der Waals surface area contributed by atoms with Gasteiger partial charge in [0.2, 0.25) is 5.78 Å². The number of Topliss-reactive ketones (excluding diaryl/α,β-unsaturated/α-hetero) is 1. The van der Waals surface area contributed by atoms with E-state index in [1.807, 2.05) is 0 Å². The number of benzene rings is 1. The van der Waals surface area contributed by atoms with Crippen LogP contribution in [-0.2, 0) is 0 Å². The Morgan fingerprint density at radius 1 is 1.24 bits per heavy atom. The summed E-state index contributed by atoms with van der Waals surface area (Å²) in [6.07, 6.45) is 2.91. The normalized spacial score (nSPS) is 13.5. The SMILES string of the molecule is COc1ccc(C(=O)C(=C2NCCN2)n2cncn2)cc1. The molecule has 2 N–H and O–H groups in total. The van der Waals surface area contributed by atoms with Gasteiger partial charge in [0.15, 0.2) is 5.70 Å². The standard InChI is InChI=1S/C14H15N5O2/c1-21-11-4-2-10(3-5-11)13(20)12(14-16-6-7-17-14)19-9-15-8-18-19/h2-5,8-9,16-17H,6-7H2,1H3. The first-order valence-electron chi connectivity index (χ1n) is 6.55. The molecule has 1 saturated heterocycles. The summed E-state index contributed by atoms with van der Waals surface area (Å²) in [5.74, 6) is 1.24. The van der Waals surface area contributed by atoms with E-state index in [-0.39, 0.29) is 5.78 Å². The molecule has 2 aromatic rings. The van der Waals surface area contributed by atoms with E-state index in [0.717, 1.165) is 13.1 Å². The molecule has 0 atom stereocenters. The predicted octanol–water partition coefficient (Wildman–Crippen LogP) is 0.488. The van der Waals surface area contributed by atoms with Crippen molar-refractivity contribution < 1.29 is 9.53 Å². The number of nitrogens with one attached hydrogen (secondary N) is 2. The van der Waals surface area contributed by atoms with Crippen LogP contribution in [0.2, 0.25) is 0 Å². The van der Waals surface area contributed by atoms with E-state index in [1.165, 1.54) is 17.3 Å². The average molecular weight is 285 g/mol. The number of ketones is 1. The number of allylic oxidation sites excluding steroid dienone is 1. The first-order chi connectivity index (χ1) is 10.3. The topological polar surface area (TPSA) is 81.1 Å². The number of ether oxygens (including phenoxy) is 1. The van der Waals surface area contributed by atoms with Crippen LogP contribution >= 0.6 is 0 Å². The number of aromatic nitrogens is 3. The van der Waals surface area contributed by atoms with Crippen LogP contribution in [0.5, 0.6) is 5.75 Å². The summed E-state index contributed by atoms with van der Waals surface area (Å²) >= 11 is 0. The molecule has 7 heteroatoms. The lowest BCUT2D eigenvalue weighted by molar-refractivity contribution is 0.104. The molecule has 108 valence electrons. The minimum atomic E-state index is -0.139. The van der Waals surface area contributed by atoms with Gasteiger partial charge < -0.3 is 15.4 Å². The van der Waals surface area contributed by atoms with Gasteiger partial charge in [-0.1, -0.05) is 0 Å². The Balaban J connectivity index is 2.00. The summed E-state index contributed by atoms with van der Waals surface area (Å²) in [5.41, 5.74) is 0.986. The van der Waals surface area contributed by atoms with Crippen LogP contribution in [0.4, 0.5) is 0 Å². The van der Waals surface area contributed by atoms with Crippen molar-refractivity contribution in [3.63, 3.8) is 0 Å². The largest absolute Gasteiger partial charge is 0.497 e. The second-order valence-electron chi connectivity index (χ2n) is 4.47. The fourth-order valence-corrected chi connectivity index (χ4v) is 2.14. The van der Waals surface area contributed by atoms with Gasteiger partial charge in [-0.3, -0.25) is 4.79 Å². The summed E-state index contributed by atoms with van der Waals surface area (Å²) in [4.78, 5) is 16.7. The zero-order chi connectivity index (χ0) is 14.7. The lowest BCUT2D eigenvalue weighted by atomic mass is 10.1. The van der Waals surface area contributed by atoms with Crippen LogP contribution in [-0.4, -0.2) is 40.7 Å². The first kappa shape index (κ1) is 13.2. The number of hydrogen-bond donors (Lipinski definition) is 2. The molecule has 1 aliphatic rings. The quantitative estimate of drug-likeness (QED) is 0.628. The molecule has 0 radical (unpaired) electrons. The van der Waals surface area contributed by atoms with Crippen LogP contribution in [0.3, 0.4) is 0 Å². The Labute approximate surface area is 121 Å². The van der Waals surface area contributed by atoms with Crippen LogP contribution in [0.25, 0.3) is 5.70 Å². The van der Waals surface area contributed by atoms with E-state index in [4.69, 9.17) is 4.74 Å². The molecule has 2 heterocycles. The highest BCUT2D eigenvalue weighted by molar-refractivity contribution is 6.24. The van der Waals surface area contributed by atoms with Gasteiger partial charge in [0.05, 0.1) is 7.11 Å². The molecule has 1 aliphatic heterocycles. The second kappa shape index (κ2) is 5.66. The molecule has 0 aliphatic carbocycles. The summed E-state index contributed by atoms with van der Waals surface area (Å²) in [6.45, 7) is 1.53.